The Morgan fingerprint density at radius 3 is 2.91 bits per heavy atom. The van der Waals surface area contributed by atoms with Gasteiger partial charge in [0.1, 0.15) is 5.82 Å². The number of aromatic nitrogens is 3. The zero-order valence-electron chi connectivity index (χ0n) is 13.1. The molecule has 1 amide bonds. The average Bonchev–Trinajstić information content (AvgIpc) is 3.45. The number of hydrogen-bond donors (Lipinski definition) is 1. The van der Waals surface area contributed by atoms with Gasteiger partial charge in [-0.3, -0.25) is 4.79 Å². The molecule has 1 unspecified atom stereocenters. The number of hydrogen-bond acceptors (Lipinski definition) is 5. The first-order valence-electron chi connectivity index (χ1n) is 8.14. The number of thioether (sulfide) groups is 1. The Morgan fingerprint density at radius 1 is 1.43 bits per heavy atom. The first-order chi connectivity index (χ1) is 11.2. The summed E-state index contributed by atoms with van der Waals surface area (Å²) in [5.41, 5.74) is 0. The van der Waals surface area contributed by atoms with Gasteiger partial charge >= 0.3 is 0 Å². The lowest BCUT2D eigenvalue weighted by atomic mass is 10.3. The molecule has 1 N–H and O–H groups in total. The number of carbonyl (C=O) groups is 1. The average molecular weight is 348 g/mol. The molecule has 23 heavy (non-hydrogen) atoms. The summed E-state index contributed by atoms with van der Waals surface area (Å²) in [5, 5.41) is 14.7. The van der Waals surface area contributed by atoms with Crippen molar-refractivity contribution < 1.29 is 4.79 Å². The van der Waals surface area contributed by atoms with Gasteiger partial charge in [-0.05, 0) is 44.1 Å². The van der Waals surface area contributed by atoms with Gasteiger partial charge in [0.25, 0.3) is 0 Å². The van der Waals surface area contributed by atoms with Gasteiger partial charge in [0.2, 0.25) is 5.91 Å². The van der Waals surface area contributed by atoms with E-state index in [1.54, 1.807) is 11.3 Å². The molecule has 2 aromatic heterocycles. The molecule has 2 heterocycles. The predicted octanol–water partition coefficient (Wildman–Crippen LogP) is 3.02. The Hall–Kier alpha value is -1.34. The molecular weight excluding hydrogens is 328 g/mol. The Labute approximate surface area is 143 Å². The topological polar surface area (TPSA) is 59.8 Å². The molecule has 5 nitrogen and oxygen atoms in total. The molecular formula is C16H20N4OS2. The number of nitrogens with one attached hydrogen (secondary N) is 1. The van der Waals surface area contributed by atoms with E-state index in [2.05, 4.69) is 37.6 Å². The lowest BCUT2D eigenvalue weighted by Crippen LogP contribution is -2.32. The second-order valence-electron chi connectivity index (χ2n) is 6.30. The van der Waals surface area contributed by atoms with Gasteiger partial charge in [-0.15, -0.1) is 21.5 Å². The van der Waals surface area contributed by atoms with Gasteiger partial charge in [-0.1, -0.05) is 17.8 Å². The third kappa shape index (κ3) is 3.61. The summed E-state index contributed by atoms with van der Waals surface area (Å²) in [6.07, 6.45) is 5.43. The van der Waals surface area contributed by atoms with Crippen LogP contribution in [-0.2, 0) is 11.2 Å². The highest BCUT2D eigenvalue weighted by molar-refractivity contribution is 8.00. The highest BCUT2D eigenvalue weighted by atomic mass is 32.2. The first-order valence-corrected chi connectivity index (χ1v) is 9.90. The van der Waals surface area contributed by atoms with Crippen LogP contribution < -0.4 is 5.32 Å². The molecule has 0 aromatic carbocycles. The predicted molar refractivity (Wildman–Crippen MR) is 91.9 cm³/mol. The monoisotopic (exact) mass is 348 g/mol. The van der Waals surface area contributed by atoms with Crippen LogP contribution in [0.4, 0.5) is 0 Å². The molecule has 0 aliphatic heterocycles. The zero-order chi connectivity index (χ0) is 15.8. The molecule has 2 fully saturated rings. The van der Waals surface area contributed by atoms with Crippen molar-refractivity contribution in [2.24, 2.45) is 0 Å². The van der Waals surface area contributed by atoms with Crippen LogP contribution in [0.5, 0.6) is 0 Å². The zero-order valence-corrected chi connectivity index (χ0v) is 14.7. The van der Waals surface area contributed by atoms with Crippen LogP contribution in [-0.4, -0.2) is 32.0 Å². The van der Waals surface area contributed by atoms with Gasteiger partial charge in [0, 0.05) is 23.4 Å². The van der Waals surface area contributed by atoms with Crippen LogP contribution in [0, 0.1) is 0 Å². The maximum Gasteiger partial charge on any atom is 0.233 e. The smallest absolute Gasteiger partial charge is 0.233 e. The molecule has 4 rings (SSSR count). The fraction of sp³-hybridized carbons (Fsp3) is 0.562. The van der Waals surface area contributed by atoms with Gasteiger partial charge in [0.05, 0.1) is 5.25 Å². The molecule has 7 heteroatoms. The summed E-state index contributed by atoms with van der Waals surface area (Å²) >= 11 is 3.28. The van der Waals surface area contributed by atoms with E-state index >= 15 is 0 Å². The van der Waals surface area contributed by atoms with Crippen molar-refractivity contribution in [2.45, 2.75) is 61.5 Å². The molecule has 1 atom stereocenters. The minimum atomic E-state index is -0.133. The molecule has 122 valence electrons. The minimum Gasteiger partial charge on any atom is -0.352 e. The normalized spacial score (nSPS) is 18.8. The van der Waals surface area contributed by atoms with Gasteiger partial charge in [0.15, 0.2) is 5.16 Å². The van der Waals surface area contributed by atoms with Crippen molar-refractivity contribution in [2.75, 3.05) is 0 Å². The highest BCUT2D eigenvalue weighted by Crippen LogP contribution is 2.40. The van der Waals surface area contributed by atoms with Crippen molar-refractivity contribution in [1.29, 1.82) is 0 Å². The summed E-state index contributed by atoms with van der Waals surface area (Å²) in [4.78, 5) is 13.5. The number of rotatable bonds is 7. The Kier molecular flexibility index (Phi) is 4.15. The van der Waals surface area contributed by atoms with Gasteiger partial charge in [-0.2, -0.15) is 0 Å². The van der Waals surface area contributed by atoms with E-state index in [1.807, 2.05) is 6.92 Å². The first kappa shape index (κ1) is 15.2. The SMILES string of the molecule is CC(Sc1nnc(Cc2cccs2)n1C1CC1)C(=O)NC1CC1. The van der Waals surface area contributed by atoms with E-state index in [4.69, 9.17) is 0 Å². The highest BCUT2D eigenvalue weighted by Gasteiger charge is 2.32. The van der Waals surface area contributed by atoms with E-state index in [-0.39, 0.29) is 11.2 Å². The van der Waals surface area contributed by atoms with E-state index in [0.29, 0.717) is 12.1 Å². The maximum atomic E-state index is 12.2. The van der Waals surface area contributed by atoms with Crippen LogP contribution in [0.25, 0.3) is 0 Å². The fourth-order valence-electron chi connectivity index (χ4n) is 2.53. The Morgan fingerprint density at radius 2 is 2.26 bits per heavy atom. The van der Waals surface area contributed by atoms with E-state index < -0.39 is 0 Å². The van der Waals surface area contributed by atoms with Crippen LogP contribution in [0.3, 0.4) is 0 Å². The second-order valence-corrected chi connectivity index (χ2v) is 8.64. The van der Waals surface area contributed by atoms with Gasteiger partial charge < -0.3 is 9.88 Å². The molecule has 2 aliphatic rings. The minimum absolute atomic E-state index is 0.114. The number of amides is 1. The molecule has 2 aliphatic carbocycles. The summed E-state index contributed by atoms with van der Waals surface area (Å²) in [5.74, 6) is 1.13. The second kappa shape index (κ2) is 6.28. The third-order valence-corrected chi connectivity index (χ3v) is 6.07. The maximum absolute atomic E-state index is 12.2. The summed E-state index contributed by atoms with van der Waals surface area (Å²) < 4.78 is 2.26. The van der Waals surface area contributed by atoms with Crippen LogP contribution >= 0.6 is 23.1 Å². The fourth-order valence-corrected chi connectivity index (χ4v) is 4.18. The van der Waals surface area contributed by atoms with Crippen molar-refractivity contribution in [3.05, 3.63) is 28.2 Å². The molecule has 0 spiro atoms. The van der Waals surface area contributed by atoms with Crippen LogP contribution in [0.1, 0.15) is 49.4 Å². The molecule has 0 bridgehead atoms. The van der Waals surface area contributed by atoms with Crippen molar-refractivity contribution in [1.82, 2.24) is 20.1 Å². The summed E-state index contributed by atoms with van der Waals surface area (Å²) in [6.45, 7) is 1.95. The largest absolute Gasteiger partial charge is 0.352 e. The van der Waals surface area contributed by atoms with E-state index in [9.17, 15) is 4.79 Å². The summed E-state index contributed by atoms with van der Waals surface area (Å²) in [6, 6.07) is 5.12. The third-order valence-electron chi connectivity index (χ3n) is 4.13. The Balaban J connectivity index is 1.49. The van der Waals surface area contributed by atoms with E-state index in [0.717, 1.165) is 30.2 Å². The van der Waals surface area contributed by atoms with Crippen LogP contribution in [0.15, 0.2) is 22.7 Å². The van der Waals surface area contributed by atoms with Crippen molar-refractivity contribution in [3.63, 3.8) is 0 Å². The van der Waals surface area contributed by atoms with Crippen molar-refractivity contribution >= 4 is 29.0 Å². The number of carbonyl (C=O) groups excluding carboxylic acids is 1. The Bertz CT molecular complexity index is 689. The molecule has 2 aromatic rings. The molecule has 0 saturated heterocycles. The quantitative estimate of drug-likeness (QED) is 0.782. The molecule has 2 saturated carbocycles. The van der Waals surface area contributed by atoms with E-state index in [1.165, 1.54) is 29.5 Å². The lowest BCUT2D eigenvalue weighted by molar-refractivity contribution is -0.120. The lowest BCUT2D eigenvalue weighted by Gasteiger charge is -2.13. The number of nitrogens with zero attached hydrogens (tertiary/aromatic N) is 3. The van der Waals surface area contributed by atoms with Crippen LogP contribution in [0.2, 0.25) is 0 Å². The van der Waals surface area contributed by atoms with Gasteiger partial charge in [-0.25, -0.2) is 0 Å². The standard InChI is InChI=1S/C16H20N4OS2/c1-10(15(21)17-11-4-5-11)23-16-19-18-14(20(16)12-6-7-12)9-13-3-2-8-22-13/h2-3,8,10-12H,4-7,9H2,1H3,(H,17,21). The molecule has 0 radical (unpaired) electrons. The van der Waals surface area contributed by atoms with Crippen molar-refractivity contribution in [3.8, 4) is 0 Å². The number of thiophene rings is 1. The summed E-state index contributed by atoms with van der Waals surface area (Å²) in [7, 11) is 0.